The Morgan fingerprint density at radius 3 is 2.83 bits per heavy atom. The summed E-state index contributed by atoms with van der Waals surface area (Å²) in [7, 11) is 0. The van der Waals surface area contributed by atoms with Gasteiger partial charge in [0, 0.05) is 18.9 Å². The van der Waals surface area contributed by atoms with Crippen LogP contribution in [0.1, 0.15) is 58.4 Å². The molecule has 0 spiro atoms. The van der Waals surface area contributed by atoms with Gasteiger partial charge in [0.05, 0.1) is 35.2 Å². The molecule has 30 heavy (non-hydrogen) atoms. The highest BCUT2D eigenvalue weighted by Crippen LogP contribution is 2.42. The third-order valence-electron chi connectivity index (χ3n) is 5.53. The molecule has 1 saturated carbocycles. The molecule has 1 aliphatic carbocycles. The SMILES string of the molecule is O=C(NCc1nnc2n1CCC2)c1cnn(-c2cccc(C(F)(F)F)c2)c1C1CC1. The Balaban J connectivity index is 1.41. The predicted octanol–water partition coefficient (Wildman–Crippen LogP) is 3.24. The van der Waals surface area contributed by atoms with E-state index in [2.05, 4.69) is 20.6 Å². The summed E-state index contributed by atoms with van der Waals surface area (Å²) >= 11 is 0. The minimum atomic E-state index is -4.44. The van der Waals surface area contributed by atoms with Crippen molar-refractivity contribution < 1.29 is 18.0 Å². The number of aromatic nitrogens is 5. The lowest BCUT2D eigenvalue weighted by Crippen LogP contribution is -2.25. The summed E-state index contributed by atoms with van der Waals surface area (Å²) in [6.07, 6.45) is 0.641. The molecule has 1 N–H and O–H groups in total. The summed E-state index contributed by atoms with van der Waals surface area (Å²) in [5, 5.41) is 15.4. The number of carbonyl (C=O) groups excluding carboxylic acids is 1. The second kappa shape index (κ2) is 6.96. The molecular weight excluding hydrogens is 397 g/mol. The number of hydrogen-bond donors (Lipinski definition) is 1. The normalized spacial score (nSPS) is 16.0. The topological polar surface area (TPSA) is 77.6 Å². The van der Waals surface area contributed by atoms with Crippen molar-refractivity contribution in [1.82, 2.24) is 29.9 Å². The van der Waals surface area contributed by atoms with Gasteiger partial charge in [-0.25, -0.2) is 4.68 Å². The maximum Gasteiger partial charge on any atom is 0.416 e. The lowest BCUT2D eigenvalue weighted by atomic mass is 10.1. The summed E-state index contributed by atoms with van der Waals surface area (Å²) in [4.78, 5) is 12.9. The molecular formula is C20H19F3N6O. The molecule has 1 amide bonds. The van der Waals surface area contributed by atoms with Crippen LogP contribution in [0.3, 0.4) is 0 Å². The minimum absolute atomic E-state index is 0.111. The van der Waals surface area contributed by atoms with Crippen LogP contribution in [0.15, 0.2) is 30.5 Å². The second-order valence-corrected chi connectivity index (χ2v) is 7.65. The molecule has 0 atom stereocenters. The Hall–Kier alpha value is -3.17. The molecule has 0 radical (unpaired) electrons. The first-order valence-corrected chi connectivity index (χ1v) is 9.86. The van der Waals surface area contributed by atoms with Gasteiger partial charge in [0.15, 0.2) is 5.82 Å². The third-order valence-corrected chi connectivity index (χ3v) is 5.53. The fourth-order valence-corrected chi connectivity index (χ4v) is 3.90. The van der Waals surface area contributed by atoms with E-state index in [1.54, 1.807) is 6.07 Å². The van der Waals surface area contributed by atoms with Gasteiger partial charge in [0.1, 0.15) is 5.82 Å². The van der Waals surface area contributed by atoms with Crippen molar-refractivity contribution in [3.63, 3.8) is 0 Å². The van der Waals surface area contributed by atoms with Crippen molar-refractivity contribution in [2.45, 2.75) is 50.9 Å². The zero-order chi connectivity index (χ0) is 20.9. The summed E-state index contributed by atoms with van der Waals surface area (Å²) in [6, 6.07) is 4.99. The highest BCUT2D eigenvalue weighted by Gasteiger charge is 2.34. The number of amides is 1. The highest BCUT2D eigenvalue weighted by molar-refractivity contribution is 5.95. The zero-order valence-electron chi connectivity index (χ0n) is 16.0. The first-order chi connectivity index (χ1) is 14.4. The van der Waals surface area contributed by atoms with Crippen molar-refractivity contribution in [2.24, 2.45) is 0 Å². The smallest absolute Gasteiger partial charge is 0.345 e. The fraction of sp³-hybridized carbons (Fsp3) is 0.400. The first kappa shape index (κ1) is 18.8. The second-order valence-electron chi connectivity index (χ2n) is 7.65. The van der Waals surface area contributed by atoms with Crippen LogP contribution in [0.4, 0.5) is 13.2 Å². The molecule has 3 aromatic rings. The largest absolute Gasteiger partial charge is 0.416 e. The van der Waals surface area contributed by atoms with Crippen molar-refractivity contribution in [3.05, 3.63) is 58.9 Å². The molecule has 7 nitrogen and oxygen atoms in total. The molecule has 2 aromatic heterocycles. The molecule has 10 heteroatoms. The summed E-state index contributed by atoms with van der Waals surface area (Å²) < 4.78 is 42.8. The quantitative estimate of drug-likeness (QED) is 0.693. The van der Waals surface area contributed by atoms with Crippen LogP contribution in [-0.2, 0) is 25.7 Å². The van der Waals surface area contributed by atoms with E-state index in [1.165, 1.54) is 16.9 Å². The Morgan fingerprint density at radius 1 is 1.23 bits per heavy atom. The van der Waals surface area contributed by atoms with Crippen LogP contribution in [0.2, 0.25) is 0 Å². The predicted molar refractivity (Wildman–Crippen MR) is 100 cm³/mol. The van der Waals surface area contributed by atoms with Crippen LogP contribution in [0.25, 0.3) is 5.69 Å². The standard InChI is InChI=1S/C20H19F3N6O/c21-20(22,23)13-3-1-4-14(9-13)29-18(12-6-7-12)15(10-25-29)19(30)24-11-17-27-26-16-5-2-8-28(16)17/h1,3-4,9-10,12H,2,5-8,11H2,(H,24,30). The zero-order valence-corrected chi connectivity index (χ0v) is 16.0. The van der Waals surface area contributed by atoms with Gasteiger partial charge in [0.2, 0.25) is 0 Å². The number of halogens is 3. The molecule has 1 fully saturated rings. The summed E-state index contributed by atoms with van der Waals surface area (Å²) in [6.45, 7) is 1.08. The van der Waals surface area contributed by atoms with Gasteiger partial charge in [-0.3, -0.25) is 4.79 Å². The van der Waals surface area contributed by atoms with E-state index < -0.39 is 11.7 Å². The molecule has 3 heterocycles. The van der Waals surface area contributed by atoms with Crippen molar-refractivity contribution in [2.75, 3.05) is 0 Å². The molecule has 1 aliphatic heterocycles. The van der Waals surface area contributed by atoms with Crippen molar-refractivity contribution in [1.29, 1.82) is 0 Å². The number of nitrogens with one attached hydrogen (secondary N) is 1. The van der Waals surface area contributed by atoms with E-state index in [4.69, 9.17) is 0 Å². The maximum absolute atomic E-state index is 13.1. The van der Waals surface area contributed by atoms with Gasteiger partial charge in [-0.15, -0.1) is 10.2 Å². The van der Waals surface area contributed by atoms with Crippen LogP contribution < -0.4 is 5.32 Å². The fourth-order valence-electron chi connectivity index (χ4n) is 3.90. The van der Waals surface area contributed by atoms with Crippen LogP contribution >= 0.6 is 0 Å². The number of carbonyl (C=O) groups is 1. The van der Waals surface area contributed by atoms with Gasteiger partial charge in [-0.2, -0.15) is 18.3 Å². The Morgan fingerprint density at radius 2 is 2.07 bits per heavy atom. The van der Waals surface area contributed by atoms with E-state index in [9.17, 15) is 18.0 Å². The molecule has 1 aromatic carbocycles. The minimum Gasteiger partial charge on any atom is -0.345 e. The molecule has 156 valence electrons. The molecule has 5 rings (SSSR count). The van der Waals surface area contributed by atoms with Crippen LogP contribution in [0, 0.1) is 0 Å². The van der Waals surface area contributed by atoms with Gasteiger partial charge < -0.3 is 9.88 Å². The number of alkyl halides is 3. The van der Waals surface area contributed by atoms with E-state index in [1.807, 2.05) is 4.57 Å². The van der Waals surface area contributed by atoms with E-state index in [-0.39, 0.29) is 18.4 Å². The number of aryl methyl sites for hydroxylation is 1. The Labute approximate surface area is 169 Å². The monoisotopic (exact) mass is 416 g/mol. The number of benzene rings is 1. The number of hydrogen-bond acceptors (Lipinski definition) is 4. The van der Waals surface area contributed by atoms with E-state index in [0.717, 1.165) is 50.2 Å². The van der Waals surface area contributed by atoms with Gasteiger partial charge >= 0.3 is 6.18 Å². The van der Waals surface area contributed by atoms with Gasteiger partial charge in [0.25, 0.3) is 5.91 Å². The van der Waals surface area contributed by atoms with E-state index >= 15 is 0 Å². The van der Waals surface area contributed by atoms with Gasteiger partial charge in [-0.05, 0) is 37.5 Å². The maximum atomic E-state index is 13.1. The third kappa shape index (κ3) is 3.35. The van der Waals surface area contributed by atoms with Crippen molar-refractivity contribution >= 4 is 5.91 Å². The highest BCUT2D eigenvalue weighted by atomic mass is 19.4. The average molecular weight is 416 g/mol. The lowest BCUT2D eigenvalue weighted by Gasteiger charge is -2.12. The Bertz CT molecular complexity index is 1110. The van der Waals surface area contributed by atoms with Gasteiger partial charge in [-0.1, -0.05) is 6.07 Å². The molecule has 2 aliphatic rings. The lowest BCUT2D eigenvalue weighted by molar-refractivity contribution is -0.137. The molecule has 0 saturated heterocycles. The number of fused-ring (bicyclic) bond motifs is 1. The summed E-state index contributed by atoms with van der Waals surface area (Å²) in [5.74, 6) is 1.43. The number of nitrogens with zero attached hydrogens (tertiary/aromatic N) is 5. The molecule has 0 bridgehead atoms. The average Bonchev–Trinajstić information content (AvgIpc) is 3.13. The van der Waals surface area contributed by atoms with Crippen molar-refractivity contribution in [3.8, 4) is 5.69 Å². The number of rotatable bonds is 5. The first-order valence-electron chi connectivity index (χ1n) is 9.86. The molecule has 0 unspecified atom stereocenters. The van der Waals surface area contributed by atoms with Crippen LogP contribution in [0.5, 0.6) is 0 Å². The summed E-state index contributed by atoms with van der Waals surface area (Å²) in [5.41, 5.74) is 0.583. The Kier molecular flexibility index (Phi) is 4.37. The van der Waals surface area contributed by atoms with E-state index in [0.29, 0.717) is 22.8 Å². The van der Waals surface area contributed by atoms with Crippen LogP contribution in [-0.4, -0.2) is 30.5 Å².